The second-order valence-electron chi connectivity index (χ2n) is 7.34. The summed E-state index contributed by atoms with van der Waals surface area (Å²) in [6.45, 7) is 3.80. The Morgan fingerprint density at radius 3 is 2.70 bits per heavy atom. The van der Waals surface area contributed by atoms with Crippen LogP contribution in [0.5, 0.6) is 0 Å². The number of thiophene rings is 1. The van der Waals surface area contributed by atoms with Crippen LogP contribution in [-0.4, -0.2) is 22.8 Å². The van der Waals surface area contributed by atoms with Crippen molar-refractivity contribution in [2.45, 2.75) is 38.8 Å². The third kappa shape index (κ3) is 4.13. The molecule has 2 amide bonds. The van der Waals surface area contributed by atoms with Crippen molar-refractivity contribution in [3.63, 3.8) is 0 Å². The molecule has 0 aliphatic heterocycles. The zero-order valence-electron chi connectivity index (χ0n) is 16.4. The van der Waals surface area contributed by atoms with Crippen molar-refractivity contribution in [3.8, 4) is 0 Å². The molecule has 156 valence electrons. The van der Waals surface area contributed by atoms with Gasteiger partial charge < -0.3 is 14.6 Å². The van der Waals surface area contributed by atoms with Gasteiger partial charge in [-0.2, -0.15) is 0 Å². The van der Waals surface area contributed by atoms with Crippen LogP contribution in [0.2, 0.25) is 5.02 Å². The molecular formula is C22H20ClFN2O3S. The number of nitrogens with zero attached hydrogens (tertiary/aromatic N) is 1. The topological polar surface area (TPSA) is 62.6 Å². The maximum Gasteiger partial charge on any atom is 0.265 e. The van der Waals surface area contributed by atoms with Gasteiger partial charge in [0.25, 0.3) is 11.8 Å². The molecule has 0 spiro atoms. The summed E-state index contributed by atoms with van der Waals surface area (Å²) in [4.78, 5) is 28.3. The van der Waals surface area contributed by atoms with E-state index >= 15 is 0 Å². The standard InChI is InChI=1S/C22H20ClFN2O3S/c1-12-10-19(25-21(27)16-8-5-14(24)11-17(16)23)30-20(12)22(28)26(15-6-7-15)13(2)18-4-3-9-29-18/h3-5,8-11,13,15H,6-7H2,1-2H3,(H,25,27). The molecule has 0 saturated heterocycles. The summed E-state index contributed by atoms with van der Waals surface area (Å²) >= 11 is 7.19. The Labute approximate surface area is 182 Å². The van der Waals surface area contributed by atoms with Gasteiger partial charge in [-0.1, -0.05) is 11.6 Å². The minimum absolute atomic E-state index is 0.0317. The summed E-state index contributed by atoms with van der Waals surface area (Å²) in [6, 6.07) is 9.05. The monoisotopic (exact) mass is 446 g/mol. The lowest BCUT2D eigenvalue weighted by Crippen LogP contribution is -2.35. The number of anilines is 1. The van der Waals surface area contributed by atoms with Crippen LogP contribution >= 0.6 is 22.9 Å². The molecule has 8 heteroatoms. The highest BCUT2D eigenvalue weighted by atomic mass is 35.5. The molecule has 1 aliphatic rings. The number of carbonyl (C=O) groups excluding carboxylic acids is 2. The van der Waals surface area contributed by atoms with Crippen molar-refractivity contribution >= 4 is 39.8 Å². The Balaban J connectivity index is 1.55. The van der Waals surface area contributed by atoms with E-state index in [1.165, 1.54) is 23.5 Å². The van der Waals surface area contributed by atoms with Gasteiger partial charge in [-0.25, -0.2) is 4.39 Å². The molecule has 1 unspecified atom stereocenters. The van der Waals surface area contributed by atoms with E-state index in [0.717, 1.165) is 30.2 Å². The van der Waals surface area contributed by atoms with Crippen molar-refractivity contribution in [1.82, 2.24) is 4.90 Å². The molecule has 4 rings (SSSR count). The van der Waals surface area contributed by atoms with Gasteiger partial charge >= 0.3 is 0 Å². The third-order valence-corrected chi connectivity index (χ3v) is 6.52. The van der Waals surface area contributed by atoms with Crippen LogP contribution in [0.4, 0.5) is 9.39 Å². The van der Waals surface area contributed by atoms with Gasteiger partial charge in [0.1, 0.15) is 11.6 Å². The highest BCUT2D eigenvalue weighted by Crippen LogP contribution is 2.38. The molecule has 1 N–H and O–H groups in total. The molecule has 1 aliphatic carbocycles. The lowest BCUT2D eigenvalue weighted by atomic mass is 10.1. The summed E-state index contributed by atoms with van der Waals surface area (Å²) < 4.78 is 18.7. The zero-order chi connectivity index (χ0) is 21.4. The first-order valence-corrected chi connectivity index (χ1v) is 10.8. The van der Waals surface area contributed by atoms with E-state index in [1.54, 1.807) is 12.3 Å². The molecule has 1 fully saturated rings. The average Bonchev–Trinajstić information content (AvgIpc) is 3.22. The molecule has 0 bridgehead atoms. The number of aryl methyl sites for hydroxylation is 1. The van der Waals surface area contributed by atoms with Gasteiger partial charge in [0.05, 0.1) is 32.8 Å². The molecular weight excluding hydrogens is 427 g/mol. The normalized spacial score (nSPS) is 14.4. The zero-order valence-corrected chi connectivity index (χ0v) is 18.0. The molecule has 2 heterocycles. The average molecular weight is 447 g/mol. The number of rotatable bonds is 6. The number of hydrogen-bond acceptors (Lipinski definition) is 4. The van der Waals surface area contributed by atoms with Crippen LogP contribution in [0, 0.1) is 12.7 Å². The maximum atomic E-state index is 13.4. The van der Waals surface area contributed by atoms with Crippen LogP contribution in [0.3, 0.4) is 0 Å². The number of amides is 2. The second kappa shape index (κ2) is 8.24. The van der Waals surface area contributed by atoms with Crippen molar-refractivity contribution in [2.75, 3.05) is 5.32 Å². The molecule has 0 radical (unpaired) electrons. The van der Waals surface area contributed by atoms with Gasteiger partial charge in [-0.05, 0) is 68.7 Å². The largest absolute Gasteiger partial charge is 0.467 e. The molecule has 3 aromatic rings. The van der Waals surface area contributed by atoms with Crippen LogP contribution in [0.15, 0.2) is 47.1 Å². The third-order valence-electron chi connectivity index (χ3n) is 5.07. The summed E-state index contributed by atoms with van der Waals surface area (Å²) in [7, 11) is 0. The fraction of sp³-hybridized carbons (Fsp3) is 0.273. The van der Waals surface area contributed by atoms with E-state index in [4.69, 9.17) is 16.0 Å². The smallest absolute Gasteiger partial charge is 0.265 e. The summed E-state index contributed by atoms with van der Waals surface area (Å²) in [5, 5.41) is 3.32. The van der Waals surface area contributed by atoms with Crippen molar-refractivity contribution in [3.05, 3.63) is 75.3 Å². The van der Waals surface area contributed by atoms with Crippen LogP contribution in [0.1, 0.15) is 57.2 Å². The predicted molar refractivity (Wildman–Crippen MR) is 115 cm³/mol. The second-order valence-corrected chi connectivity index (χ2v) is 8.80. The van der Waals surface area contributed by atoms with Crippen molar-refractivity contribution in [2.24, 2.45) is 0 Å². The summed E-state index contributed by atoms with van der Waals surface area (Å²) in [5.74, 6) is -0.307. The minimum Gasteiger partial charge on any atom is -0.467 e. The van der Waals surface area contributed by atoms with Crippen molar-refractivity contribution in [1.29, 1.82) is 0 Å². The van der Waals surface area contributed by atoms with Crippen LogP contribution in [0.25, 0.3) is 0 Å². The van der Waals surface area contributed by atoms with E-state index in [9.17, 15) is 14.0 Å². The number of carbonyl (C=O) groups is 2. The van der Waals surface area contributed by atoms with Gasteiger partial charge in [0.2, 0.25) is 0 Å². The Morgan fingerprint density at radius 1 is 1.30 bits per heavy atom. The molecule has 1 saturated carbocycles. The number of halogens is 2. The first-order valence-electron chi connectivity index (χ1n) is 9.58. The predicted octanol–water partition coefficient (Wildman–Crippen LogP) is 6.06. The quantitative estimate of drug-likeness (QED) is 0.500. The molecule has 5 nitrogen and oxygen atoms in total. The number of nitrogens with one attached hydrogen (secondary N) is 1. The highest BCUT2D eigenvalue weighted by Gasteiger charge is 2.38. The molecule has 1 atom stereocenters. The lowest BCUT2D eigenvalue weighted by Gasteiger charge is -2.28. The first kappa shape index (κ1) is 20.6. The number of furan rings is 1. The summed E-state index contributed by atoms with van der Waals surface area (Å²) in [6.07, 6.45) is 3.54. The SMILES string of the molecule is Cc1cc(NC(=O)c2ccc(F)cc2Cl)sc1C(=O)N(C1CC1)C(C)c1ccco1. The Kier molecular flexibility index (Phi) is 5.66. The van der Waals surface area contributed by atoms with Crippen LogP contribution in [-0.2, 0) is 0 Å². The Morgan fingerprint density at radius 2 is 2.07 bits per heavy atom. The lowest BCUT2D eigenvalue weighted by molar-refractivity contribution is 0.0657. The fourth-order valence-electron chi connectivity index (χ4n) is 3.40. The van der Waals surface area contributed by atoms with Gasteiger partial charge in [0, 0.05) is 6.04 Å². The number of benzene rings is 1. The van der Waals surface area contributed by atoms with Gasteiger partial charge in [-0.15, -0.1) is 11.3 Å². The molecule has 30 heavy (non-hydrogen) atoms. The number of hydrogen-bond donors (Lipinski definition) is 1. The maximum absolute atomic E-state index is 13.4. The first-order chi connectivity index (χ1) is 14.3. The highest BCUT2D eigenvalue weighted by molar-refractivity contribution is 7.18. The van der Waals surface area contributed by atoms with Crippen LogP contribution < -0.4 is 5.32 Å². The van der Waals surface area contributed by atoms with E-state index < -0.39 is 11.7 Å². The van der Waals surface area contributed by atoms with Gasteiger partial charge in [0.15, 0.2) is 0 Å². The minimum atomic E-state index is -0.512. The summed E-state index contributed by atoms with van der Waals surface area (Å²) in [5.41, 5.74) is 0.950. The molecule has 2 aromatic heterocycles. The van der Waals surface area contributed by atoms with E-state index in [-0.39, 0.29) is 28.6 Å². The van der Waals surface area contributed by atoms with E-state index in [1.807, 2.05) is 30.9 Å². The fourth-order valence-corrected chi connectivity index (χ4v) is 4.67. The van der Waals surface area contributed by atoms with Crippen molar-refractivity contribution < 1.29 is 18.4 Å². The molecule has 1 aromatic carbocycles. The van der Waals surface area contributed by atoms with Gasteiger partial charge in [-0.3, -0.25) is 9.59 Å². The van der Waals surface area contributed by atoms with E-state index in [2.05, 4.69) is 5.32 Å². The Bertz CT molecular complexity index is 1090. The van der Waals surface area contributed by atoms with E-state index in [0.29, 0.717) is 9.88 Å². The Hall–Kier alpha value is -2.64.